The summed E-state index contributed by atoms with van der Waals surface area (Å²) in [6.45, 7) is 1.61. The van der Waals surface area contributed by atoms with E-state index in [2.05, 4.69) is 5.10 Å². The van der Waals surface area contributed by atoms with Crippen LogP contribution in [0, 0.1) is 0 Å². The first kappa shape index (κ1) is 13.1. The van der Waals surface area contributed by atoms with Crippen molar-refractivity contribution in [2.75, 3.05) is 30.3 Å². The molecule has 0 bridgehead atoms. The van der Waals surface area contributed by atoms with E-state index in [1.807, 2.05) is 40.9 Å². The predicted molar refractivity (Wildman–Crippen MR) is 81.2 cm³/mol. The second-order valence-corrected chi connectivity index (χ2v) is 5.87. The first-order valence-electron chi connectivity index (χ1n) is 6.53. The number of nitrogens with zero attached hydrogens (tertiary/aromatic N) is 3. The van der Waals surface area contributed by atoms with Crippen molar-refractivity contribution in [1.82, 2.24) is 14.7 Å². The normalized spacial score (nSPS) is 15.3. The third-order valence-electron chi connectivity index (χ3n) is 3.26. The number of nitrogen functional groups attached to an aromatic ring is 1. The van der Waals surface area contributed by atoms with E-state index < -0.39 is 0 Å². The summed E-state index contributed by atoms with van der Waals surface area (Å²) in [5, 5.41) is 4.36. The molecule has 2 N–H and O–H groups in total. The Labute approximate surface area is 121 Å². The molecule has 2 aromatic rings. The Hall–Kier alpha value is -1.95. The van der Waals surface area contributed by atoms with Gasteiger partial charge in [-0.25, -0.2) is 4.68 Å². The van der Waals surface area contributed by atoms with Crippen molar-refractivity contribution >= 4 is 23.4 Å². The molecule has 1 aromatic heterocycles. The monoisotopic (exact) mass is 288 g/mol. The third-order valence-corrected chi connectivity index (χ3v) is 4.21. The average Bonchev–Trinajstić information content (AvgIpc) is 2.98. The molecular weight excluding hydrogens is 272 g/mol. The minimum atomic E-state index is 0.0134. The zero-order valence-corrected chi connectivity index (χ0v) is 11.8. The first-order valence-corrected chi connectivity index (χ1v) is 7.68. The maximum Gasteiger partial charge on any atom is 0.274 e. The van der Waals surface area contributed by atoms with Gasteiger partial charge < -0.3 is 10.6 Å². The summed E-state index contributed by atoms with van der Waals surface area (Å²) in [6.07, 6.45) is 1.80. The van der Waals surface area contributed by atoms with Crippen LogP contribution in [0.25, 0.3) is 5.69 Å². The van der Waals surface area contributed by atoms with Crippen LogP contribution in [0.3, 0.4) is 0 Å². The molecule has 1 saturated heterocycles. The number of carbonyl (C=O) groups excluding carboxylic acids is 1. The lowest BCUT2D eigenvalue weighted by molar-refractivity contribution is 0.0766. The van der Waals surface area contributed by atoms with Crippen LogP contribution in [0.15, 0.2) is 36.5 Å². The van der Waals surface area contributed by atoms with Gasteiger partial charge in [-0.2, -0.15) is 16.9 Å². The van der Waals surface area contributed by atoms with E-state index >= 15 is 0 Å². The number of thioether (sulfide) groups is 1. The van der Waals surface area contributed by atoms with Crippen molar-refractivity contribution in [1.29, 1.82) is 0 Å². The Bertz CT molecular complexity index is 602. The third kappa shape index (κ3) is 2.65. The highest BCUT2D eigenvalue weighted by Gasteiger charge is 2.20. The highest BCUT2D eigenvalue weighted by Crippen LogP contribution is 2.14. The van der Waals surface area contributed by atoms with E-state index in [0.717, 1.165) is 30.3 Å². The van der Waals surface area contributed by atoms with Crippen LogP contribution in [-0.2, 0) is 0 Å². The van der Waals surface area contributed by atoms with Gasteiger partial charge in [0, 0.05) is 36.5 Å². The van der Waals surface area contributed by atoms with Crippen molar-refractivity contribution < 1.29 is 4.79 Å². The molecular formula is C14H16N4OS. The van der Waals surface area contributed by atoms with Crippen molar-refractivity contribution in [3.8, 4) is 5.69 Å². The van der Waals surface area contributed by atoms with Gasteiger partial charge in [0.05, 0.1) is 5.69 Å². The molecule has 0 atom stereocenters. The van der Waals surface area contributed by atoms with Gasteiger partial charge in [-0.3, -0.25) is 4.79 Å². The van der Waals surface area contributed by atoms with Crippen LogP contribution in [-0.4, -0.2) is 45.2 Å². The molecule has 1 amide bonds. The molecule has 0 unspecified atom stereocenters. The zero-order valence-electron chi connectivity index (χ0n) is 11.0. The minimum Gasteiger partial charge on any atom is -0.399 e. The molecule has 0 saturated carbocycles. The van der Waals surface area contributed by atoms with E-state index in [9.17, 15) is 4.79 Å². The quantitative estimate of drug-likeness (QED) is 0.853. The van der Waals surface area contributed by atoms with Gasteiger partial charge >= 0.3 is 0 Å². The number of aromatic nitrogens is 2. The Balaban J connectivity index is 1.79. The maximum absolute atomic E-state index is 12.3. The van der Waals surface area contributed by atoms with Gasteiger partial charge in [0.2, 0.25) is 0 Å². The summed E-state index contributed by atoms with van der Waals surface area (Å²) >= 11 is 1.88. The van der Waals surface area contributed by atoms with E-state index in [1.165, 1.54) is 0 Å². The van der Waals surface area contributed by atoms with Gasteiger partial charge in [-0.15, -0.1) is 0 Å². The highest BCUT2D eigenvalue weighted by molar-refractivity contribution is 7.99. The highest BCUT2D eigenvalue weighted by atomic mass is 32.2. The molecule has 20 heavy (non-hydrogen) atoms. The fourth-order valence-electron chi connectivity index (χ4n) is 2.14. The molecule has 5 nitrogen and oxygen atoms in total. The molecule has 0 aliphatic carbocycles. The van der Waals surface area contributed by atoms with Crippen molar-refractivity contribution in [2.45, 2.75) is 0 Å². The van der Waals surface area contributed by atoms with Gasteiger partial charge in [0.15, 0.2) is 5.69 Å². The number of hydrogen-bond acceptors (Lipinski definition) is 4. The Kier molecular flexibility index (Phi) is 3.64. The van der Waals surface area contributed by atoms with Gasteiger partial charge in [-0.05, 0) is 30.3 Å². The Morgan fingerprint density at radius 3 is 2.55 bits per heavy atom. The van der Waals surface area contributed by atoms with E-state index in [4.69, 9.17) is 5.73 Å². The predicted octanol–water partition coefficient (Wildman–Crippen LogP) is 1.64. The van der Waals surface area contributed by atoms with Crippen molar-refractivity contribution in [3.05, 3.63) is 42.2 Å². The molecule has 0 radical (unpaired) electrons. The molecule has 3 rings (SSSR count). The van der Waals surface area contributed by atoms with Crippen LogP contribution < -0.4 is 5.73 Å². The lowest BCUT2D eigenvalue weighted by atomic mass is 10.3. The average molecular weight is 288 g/mol. The number of anilines is 1. The summed E-state index contributed by atoms with van der Waals surface area (Å²) in [5.74, 6) is 2.02. The summed E-state index contributed by atoms with van der Waals surface area (Å²) in [4.78, 5) is 14.2. The standard InChI is InChI=1S/C14H16N4OS/c15-11-1-3-12(4-2-11)18-6-5-13(16-18)14(19)17-7-9-20-10-8-17/h1-6H,7-10,15H2. The maximum atomic E-state index is 12.3. The van der Waals surface area contributed by atoms with Crippen LogP contribution in [0.4, 0.5) is 5.69 Å². The van der Waals surface area contributed by atoms with Gasteiger partial charge in [-0.1, -0.05) is 0 Å². The summed E-state index contributed by atoms with van der Waals surface area (Å²) < 4.78 is 1.70. The number of rotatable bonds is 2. The molecule has 2 heterocycles. The molecule has 1 fully saturated rings. The molecule has 6 heteroatoms. The SMILES string of the molecule is Nc1ccc(-n2ccc(C(=O)N3CCSCC3)n2)cc1. The molecule has 1 aliphatic heterocycles. The van der Waals surface area contributed by atoms with E-state index in [0.29, 0.717) is 11.4 Å². The van der Waals surface area contributed by atoms with Crippen molar-refractivity contribution in [3.63, 3.8) is 0 Å². The molecule has 0 spiro atoms. The van der Waals surface area contributed by atoms with Crippen LogP contribution in [0.2, 0.25) is 0 Å². The van der Waals surface area contributed by atoms with E-state index in [-0.39, 0.29) is 5.91 Å². The smallest absolute Gasteiger partial charge is 0.274 e. The second kappa shape index (κ2) is 5.58. The number of amides is 1. The fraction of sp³-hybridized carbons (Fsp3) is 0.286. The molecule has 1 aliphatic rings. The van der Waals surface area contributed by atoms with E-state index in [1.54, 1.807) is 16.9 Å². The number of hydrogen-bond donors (Lipinski definition) is 1. The first-order chi connectivity index (χ1) is 9.74. The zero-order chi connectivity index (χ0) is 13.9. The van der Waals surface area contributed by atoms with Crippen molar-refractivity contribution in [2.24, 2.45) is 0 Å². The topological polar surface area (TPSA) is 64.2 Å². The lowest BCUT2D eigenvalue weighted by Gasteiger charge is -2.25. The van der Waals surface area contributed by atoms with Crippen LogP contribution in [0.5, 0.6) is 0 Å². The summed E-state index contributed by atoms with van der Waals surface area (Å²) in [7, 11) is 0. The second-order valence-electron chi connectivity index (χ2n) is 4.64. The number of nitrogens with two attached hydrogens (primary N) is 1. The molecule has 104 valence electrons. The summed E-state index contributed by atoms with van der Waals surface area (Å²) in [5.41, 5.74) is 7.76. The molecule has 1 aromatic carbocycles. The fourth-order valence-corrected chi connectivity index (χ4v) is 3.04. The number of benzene rings is 1. The number of carbonyl (C=O) groups is 1. The largest absolute Gasteiger partial charge is 0.399 e. The Morgan fingerprint density at radius 2 is 1.85 bits per heavy atom. The van der Waals surface area contributed by atoms with Gasteiger partial charge in [0.1, 0.15) is 0 Å². The summed E-state index contributed by atoms with van der Waals surface area (Å²) in [6, 6.07) is 9.17. The van der Waals surface area contributed by atoms with Crippen LogP contribution >= 0.6 is 11.8 Å². The minimum absolute atomic E-state index is 0.0134. The lowest BCUT2D eigenvalue weighted by Crippen LogP contribution is -2.38. The Morgan fingerprint density at radius 1 is 1.15 bits per heavy atom. The van der Waals surface area contributed by atoms with Gasteiger partial charge in [0.25, 0.3) is 5.91 Å². The van der Waals surface area contributed by atoms with Crippen LogP contribution in [0.1, 0.15) is 10.5 Å².